The number of nitrogens with one attached hydrogen (secondary N) is 1. The Hall–Kier alpha value is -2.41. The zero-order chi connectivity index (χ0) is 21.7. The molecule has 2 atom stereocenters. The number of carboxylic acid groups (broad SMARTS) is 1. The second-order valence-electron chi connectivity index (χ2n) is 8.37. The molecule has 164 valence electrons. The van der Waals surface area contributed by atoms with E-state index in [1.165, 1.54) is 0 Å². The van der Waals surface area contributed by atoms with Crippen LogP contribution in [0.3, 0.4) is 0 Å². The largest absolute Gasteiger partial charge is 0.480 e. The third-order valence-corrected chi connectivity index (χ3v) is 6.39. The third kappa shape index (κ3) is 4.51. The lowest BCUT2D eigenvalue weighted by molar-refractivity contribution is -0.155. The lowest BCUT2D eigenvalue weighted by Gasteiger charge is -2.46. The van der Waals surface area contributed by atoms with Crippen LogP contribution in [0.1, 0.15) is 57.9 Å². The van der Waals surface area contributed by atoms with E-state index < -0.39 is 23.7 Å². The van der Waals surface area contributed by atoms with Gasteiger partial charge in [-0.2, -0.15) is 0 Å². The van der Waals surface area contributed by atoms with Crippen molar-refractivity contribution in [3.63, 3.8) is 0 Å². The second-order valence-corrected chi connectivity index (χ2v) is 8.37. The van der Waals surface area contributed by atoms with Gasteiger partial charge in [0.2, 0.25) is 11.8 Å². The Bertz CT molecular complexity index is 759. The average Bonchev–Trinajstić information content (AvgIpc) is 2.99. The van der Waals surface area contributed by atoms with Crippen molar-refractivity contribution in [3.8, 4) is 0 Å². The number of aliphatic carboxylic acids is 1. The zero-order valence-electron chi connectivity index (χ0n) is 18.0. The van der Waals surface area contributed by atoms with Crippen molar-refractivity contribution in [1.82, 2.24) is 15.1 Å². The molecule has 0 aliphatic carbocycles. The van der Waals surface area contributed by atoms with Crippen molar-refractivity contribution in [2.75, 3.05) is 13.1 Å². The molecule has 1 aromatic rings. The van der Waals surface area contributed by atoms with Gasteiger partial charge in [0.1, 0.15) is 6.04 Å². The first-order valence-electron chi connectivity index (χ1n) is 11.1. The van der Waals surface area contributed by atoms with Crippen LogP contribution in [-0.4, -0.2) is 63.5 Å². The number of piperidine rings is 1. The van der Waals surface area contributed by atoms with E-state index in [0.29, 0.717) is 45.2 Å². The van der Waals surface area contributed by atoms with Crippen molar-refractivity contribution < 1.29 is 19.5 Å². The van der Waals surface area contributed by atoms with E-state index in [0.717, 1.165) is 18.4 Å². The fourth-order valence-electron chi connectivity index (χ4n) is 4.74. The number of hydrogen-bond donors (Lipinski definition) is 2. The van der Waals surface area contributed by atoms with Gasteiger partial charge in [-0.15, -0.1) is 0 Å². The molecule has 0 bridgehead atoms. The SMILES string of the molecule is CCCCC(=O)N1CCC2(CC1)NC(Cc1ccccc1)C(=O)N2C(CC)C(=O)O. The molecule has 2 saturated heterocycles. The molecule has 2 unspecified atom stereocenters. The number of carbonyl (C=O) groups is 3. The van der Waals surface area contributed by atoms with Crippen molar-refractivity contribution in [2.45, 2.75) is 76.5 Å². The molecule has 2 aliphatic rings. The average molecular weight is 416 g/mol. The van der Waals surface area contributed by atoms with Gasteiger partial charge in [-0.1, -0.05) is 50.6 Å². The highest BCUT2D eigenvalue weighted by molar-refractivity contribution is 5.90. The molecule has 2 amide bonds. The molecule has 0 saturated carbocycles. The fourth-order valence-corrected chi connectivity index (χ4v) is 4.74. The Morgan fingerprint density at radius 3 is 2.43 bits per heavy atom. The molecule has 0 aromatic heterocycles. The standard InChI is InChI=1S/C23H33N3O4/c1-3-5-11-20(27)25-14-12-23(13-15-25)24-18(16-17-9-7-6-8-10-17)21(28)26(23)19(4-2)22(29)30/h6-10,18-19,24H,3-5,11-16H2,1-2H3,(H,29,30). The van der Waals surface area contributed by atoms with E-state index in [1.54, 1.807) is 11.8 Å². The highest BCUT2D eigenvalue weighted by Crippen LogP contribution is 2.36. The van der Waals surface area contributed by atoms with Crippen LogP contribution in [0.5, 0.6) is 0 Å². The molecular formula is C23H33N3O4. The summed E-state index contributed by atoms with van der Waals surface area (Å²) >= 11 is 0. The summed E-state index contributed by atoms with van der Waals surface area (Å²) in [6.07, 6.45) is 4.36. The summed E-state index contributed by atoms with van der Waals surface area (Å²) in [7, 11) is 0. The van der Waals surface area contributed by atoms with Crippen LogP contribution in [-0.2, 0) is 20.8 Å². The van der Waals surface area contributed by atoms with Gasteiger partial charge in [-0.25, -0.2) is 4.79 Å². The molecular weight excluding hydrogens is 382 g/mol. The summed E-state index contributed by atoms with van der Waals surface area (Å²) in [5.41, 5.74) is 0.327. The summed E-state index contributed by atoms with van der Waals surface area (Å²) in [4.78, 5) is 41.2. The van der Waals surface area contributed by atoms with Gasteiger partial charge in [0.25, 0.3) is 0 Å². The third-order valence-electron chi connectivity index (χ3n) is 6.39. The Morgan fingerprint density at radius 1 is 1.20 bits per heavy atom. The maximum Gasteiger partial charge on any atom is 0.326 e. The Morgan fingerprint density at radius 2 is 1.87 bits per heavy atom. The number of likely N-dealkylation sites (tertiary alicyclic amines) is 1. The number of nitrogens with zero attached hydrogens (tertiary/aromatic N) is 2. The van der Waals surface area contributed by atoms with E-state index in [1.807, 2.05) is 35.2 Å². The number of carboxylic acids is 1. The topological polar surface area (TPSA) is 90.0 Å². The van der Waals surface area contributed by atoms with E-state index in [2.05, 4.69) is 12.2 Å². The first kappa shape index (κ1) is 22.3. The van der Waals surface area contributed by atoms with Crippen LogP contribution in [0.4, 0.5) is 0 Å². The molecule has 2 aliphatic heterocycles. The fraction of sp³-hybridized carbons (Fsp3) is 0.609. The van der Waals surface area contributed by atoms with Gasteiger partial charge in [-0.05, 0) is 24.8 Å². The highest BCUT2D eigenvalue weighted by atomic mass is 16.4. The van der Waals surface area contributed by atoms with Gasteiger partial charge in [0, 0.05) is 32.4 Å². The van der Waals surface area contributed by atoms with Crippen LogP contribution in [0.25, 0.3) is 0 Å². The zero-order valence-corrected chi connectivity index (χ0v) is 18.0. The number of benzene rings is 1. The molecule has 0 radical (unpaired) electrons. The number of hydrogen-bond acceptors (Lipinski definition) is 4. The minimum Gasteiger partial charge on any atom is -0.480 e. The van der Waals surface area contributed by atoms with Crippen molar-refractivity contribution in [3.05, 3.63) is 35.9 Å². The molecule has 2 fully saturated rings. The van der Waals surface area contributed by atoms with Crippen molar-refractivity contribution >= 4 is 17.8 Å². The normalized spacial score (nSPS) is 21.8. The van der Waals surface area contributed by atoms with Gasteiger partial charge < -0.3 is 14.9 Å². The van der Waals surface area contributed by atoms with Crippen molar-refractivity contribution in [1.29, 1.82) is 0 Å². The van der Waals surface area contributed by atoms with Crippen LogP contribution in [0.2, 0.25) is 0 Å². The van der Waals surface area contributed by atoms with Crippen LogP contribution < -0.4 is 5.32 Å². The molecule has 2 N–H and O–H groups in total. The first-order chi connectivity index (χ1) is 14.4. The minimum absolute atomic E-state index is 0.147. The maximum atomic E-state index is 13.4. The predicted molar refractivity (Wildman–Crippen MR) is 114 cm³/mol. The smallest absolute Gasteiger partial charge is 0.326 e. The molecule has 7 heteroatoms. The lowest BCUT2D eigenvalue weighted by Crippen LogP contribution is -2.63. The van der Waals surface area contributed by atoms with E-state index >= 15 is 0 Å². The number of unbranched alkanes of at least 4 members (excludes halogenated alkanes) is 1. The van der Waals surface area contributed by atoms with Crippen LogP contribution in [0.15, 0.2) is 30.3 Å². The quantitative estimate of drug-likeness (QED) is 0.681. The van der Waals surface area contributed by atoms with E-state index in [-0.39, 0.29) is 11.8 Å². The number of amides is 2. The summed E-state index contributed by atoms with van der Waals surface area (Å²) < 4.78 is 0. The highest BCUT2D eigenvalue weighted by Gasteiger charge is 2.55. The van der Waals surface area contributed by atoms with Gasteiger partial charge in [-0.3, -0.25) is 14.9 Å². The molecule has 2 heterocycles. The van der Waals surface area contributed by atoms with E-state index in [4.69, 9.17) is 0 Å². The van der Waals surface area contributed by atoms with Crippen molar-refractivity contribution in [2.24, 2.45) is 0 Å². The molecule has 1 aromatic carbocycles. The lowest BCUT2D eigenvalue weighted by atomic mass is 9.93. The Balaban J connectivity index is 1.80. The summed E-state index contributed by atoms with van der Waals surface area (Å²) in [5, 5.41) is 13.3. The monoisotopic (exact) mass is 415 g/mol. The maximum absolute atomic E-state index is 13.4. The number of rotatable bonds is 8. The Labute approximate surface area is 178 Å². The summed E-state index contributed by atoms with van der Waals surface area (Å²) in [6.45, 7) is 4.93. The van der Waals surface area contributed by atoms with Crippen LogP contribution in [0, 0.1) is 0 Å². The van der Waals surface area contributed by atoms with Gasteiger partial charge in [0.05, 0.1) is 11.7 Å². The van der Waals surface area contributed by atoms with E-state index in [9.17, 15) is 19.5 Å². The minimum atomic E-state index is -0.978. The van der Waals surface area contributed by atoms with Gasteiger partial charge in [0.15, 0.2) is 0 Å². The molecule has 1 spiro atoms. The molecule has 30 heavy (non-hydrogen) atoms. The molecule has 7 nitrogen and oxygen atoms in total. The molecule has 3 rings (SSSR count). The predicted octanol–water partition coefficient (Wildman–Crippen LogP) is 2.40. The Kier molecular flexibility index (Phi) is 7.13. The first-order valence-corrected chi connectivity index (χ1v) is 11.1. The second kappa shape index (κ2) is 9.60. The van der Waals surface area contributed by atoms with Gasteiger partial charge >= 0.3 is 5.97 Å². The number of carbonyl (C=O) groups excluding carboxylic acids is 2. The summed E-state index contributed by atoms with van der Waals surface area (Å²) in [6, 6.07) is 8.45. The summed E-state index contributed by atoms with van der Waals surface area (Å²) in [5.74, 6) is -0.985. The van der Waals surface area contributed by atoms with Crippen LogP contribution >= 0.6 is 0 Å².